The topological polar surface area (TPSA) is 46.3 Å². The molecule has 2 aromatic carbocycles. The van der Waals surface area contributed by atoms with Crippen molar-refractivity contribution in [3.05, 3.63) is 93.4 Å². The van der Waals surface area contributed by atoms with Crippen LogP contribution in [0.3, 0.4) is 0 Å². The van der Waals surface area contributed by atoms with E-state index in [2.05, 4.69) is 60.4 Å². The normalized spacial score (nSPS) is 11.5. The quantitative estimate of drug-likeness (QED) is 0.107. The van der Waals surface area contributed by atoms with Crippen molar-refractivity contribution >= 4 is 30.0 Å². The van der Waals surface area contributed by atoms with Crippen LogP contribution in [0.25, 0.3) is 24.1 Å². The number of halogens is 4. The molecule has 0 saturated carbocycles. The lowest BCUT2D eigenvalue weighted by molar-refractivity contribution is 0.196. The molecule has 0 aliphatic carbocycles. The van der Waals surface area contributed by atoms with Crippen LogP contribution in [0.4, 0.5) is 17.6 Å². The van der Waals surface area contributed by atoms with Crippen LogP contribution < -0.4 is 10.4 Å². The Labute approximate surface area is 243 Å². The zero-order valence-electron chi connectivity index (χ0n) is 26.1. The van der Waals surface area contributed by atoms with Crippen molar-refractivity contribution in [1.82, 2.24) is 0 Å². The van der Waals surface area contributed by atoms with Crippen molar-refractivity contribution in [2.75, 3.05) is 14.1 Å². The maximum absolute atomic E-state index is 13.5. The Hall–Kier alpha value is -3.81. The lowest BCUT2D eigenvalue weighted by atomic mass is 10.1. The number of hydrogen-bond donors (Lipinski definition) is 0. The standard InChI is InChI=1S/C16H20N2.C13H13F4NO.2C2H6/c1-6-16(18-17-5)15-10-8-13(4)14(11-15)9-7-12(2)3;1-4-9-10(14)5-8(6-11(9)15)7(2)19-13(18-3)12(16)17;2*1-2/h6-11H,4H2,1-3,5H3;5-6,12H,2,4H2,1,3H3;2*1-2H3/b14-9-,16-6-,18-17?;;;. The van der Waals surface area contributed by atoms with Gasteiger partial charge in [0.15, 0.2) is 0 Å². The number of benzene rings is 2. The van der Waals surface area contributed by atoms with E-state index in [1.54, 1.807) is 14.0 Å². The smallest absolute Gasteiger partial charge is 0.312 e. The van der Waals surface area contributed by atoms with Gasteiger partial charge in [-0.25, -0.2) is 8.78 Å². The number of allylic oxidation sites excluding steroid dienone is 3. The lowest BCUT2D eigenvalue weighted by Crippen LogP contribution is -2.22. The Morgan fingerprint density at radius 3 is 1.95 bits per heavy atom. The largest absolute Gasteiger partial charge is 0.438 e. The third-order valence-electron chi connectivity index (χ3n) is 4.97. The molecule has 2 aromatic rings. The Morgan fingerprint density at radius 2 is 1.54 bits per heavy atom. The number of alkyl halides is 2. The van der Waals surface area contributed by atoms with E-state index in [-0.39, 0.29) is 23.3 Å². The van der Waals surface area contributed by atoms with E-state index in [9.17, 15) is 17.6 Å². The van der Waals surface area contributed by atoms with Crippen LogP contribution in [-0.2, 0) is 11.2 Å². The van der Waals surface area contributed by atoms with Crippen molar-refractivity contribution in [3.8, 4) is 0 Å². The third kappa shape index (κ3) is 13.9. The molecule has 0 atom stereocenters. The highest BCUT2D eigenvalue weighted by Gasteiger charge is 2.18. The van der Waals surface area contributed by atoms with Gasteiger partial charge in [0.05, 0.1) is 5.70 Å². The molecular formula is C33H45F4N3O. The first-order chi connectivity index (χ1) is 19.5. The molecule has 0 saturated heterocycles. The molecule has 0 amide bonds. The van der Waals surface area contributed by atoms with E-state index >= 15 is 0 Å². The van der Waals surface area contributed by atoms with Crippen LogP contribution in [0.1, 0.15) is 72.1 Å². The first-order valence-electron chi connectivity index (χ1n) is 13.5. The number of rotatable bonds is 7. The highest BCUT2D eigenvalue weighted by Crippen LogP contribution is 2.22. The van der Waals surface area contributed by atoms with Gasteiger partial charge in [-0.1, -0.05) is 83.7 Å². The summed E-state index contributed by atoms with van der Waals surface area (Å²) in [4.78, 5) is 3.23. The van der Waals surface area contributed by atoms with E-state index in [0.29, 0.717) is 0 Å². The van der Waals surface area contributed by atoms with Gasteiger partial charge in [-0.05, 0) is 55.8 Å². The Bertz CT molecular complexity index is 1300. The summed E-state index contributed by atoms with van der Waals surface area (Å²) in [7, 11) is 2.80. The molecule has 0 radical (unpaired) electrons. The summed E-state index contributed by atoms with van der Waals surface area (Å²) in [6.07, 6.45) is 3.38. The fourth-order valence-corrected chi connectivity index (χ4v) is 3.03. The number of azo groups is 1. The molecule has 0 bridgehead atoms. The predicted molar refractivity (Wildman–Crippen MR) is 167 cm³/mol. The van der Waals surface area contributed by atoms with Crippen LogP contribution >= 0.6 is 0 Å². The second-order valence-corrected chi connectivity index (χ2v) is 7.96. The first-order valence-corrected chi connectivity index (χ1v) is 13.5. The molecule has 226 valence electrons. The van der Waals surface area contributed by atoms with E-state index in [0.717, 1.165) is 40.9 Å². The number of hydrogen-bond acceptors (Lipinski definition) is 4. The van der Waals surface area contributed by atoms with Crippen molar-refractivity contribution in [2.24, 2.45) is 15.2 Å². The number of aliphatic imine (C=N–C) groups is 1. The highest BCUT2D eigenvalue weighted by atomic mass is 19.3. The molecule has 4 nitrogen and oxygen atoms in total. The summed E-state index contributed by atoms with van der Waals surface area (Å²) in [6, 6.07) is 8.10. The summed E-state index contributed by atoms with van der Waals surface area (Å²) < 4.78 is 56.6. The second-order valence-electron chi connectivity index (χ2n) is 7.96. The monoisotopic (exact) mass is 575 g/mol. The fourth-order valence-electron chi connectivity index (χ4n) is 3.03. The van der Waals surface area contributed by atoms with Gasteiger partial charge >= 0.3 is 6.43 Å². The van der Waals surface area contributed by atoms with Gasteiger partial charge in [-0.2, -0.15) is 19.0 Å². The molecule has 0 N–H and O–H groups in total. The number of ether oxygens (including phenoxy) is 1. The zero-order valence-corrected chi connectivity index (χ0v) is 26.1. The molecule has 0 aliphatic heterocycles. The third-order valence-corrected chi connectivity index (χ3v) is 4.97. The lowest BCUT2D eigenvalue weighted by Gasteiger charge is -2.11. The summed E-state index contributed by atoms with van der Waals surface area (Å²) in [6.45, 7) is 23.1. The maximum atomic E-state index is 13.5. The fraction of sp³-hybridized carbons (Fsp3) is 0.364. The molecule has 0 aromatic heterocycles. The molecule has 0 aliphatic rings. The molecule has 8 heteroatoms. The van der Waals surface area contributed by atoms with E-state index in [1.165, 1.54) is 5.57 Å². The minimum atomic E-state index is -2.92. The Kier molecular flexibility index (Phi) is 21.1. The van der Waals surface area contributed by atoms with Crippen LogP contribution in [-0.4, -0.2) is 26.4 Å². The molecular weight excluding hydrogens is 530 g/mol. The van der Waals surface area contributed by atoms with Gasteiger partial charge in [-0.3, -0.25) is 4.99 Å². The van der Waals surface area contributed by atoms with Crippen molar-refractivity contribution < 1.29 is 22.3 Å². The van der Waals surface area contributed by atoms with Crippen LogP contribution in [0.5, 0.6) is 0 Å². The van der Waals surface area contributed by atoms with Crippen LogP contribution in [0, 0.1) is 11.6 Å². The Balaban J connectivity index is 0. The average molecular weight is 576 g/mol. The summed E-state index contributed by atoms with van der Waals surface area (Å²) in [5.41, 5.74) is 3.08. The van der Waals surface area contributed by atoms with Crippen LogP contribution in [0.15, 0.2) is 69.9 Å². The SMILES string of the molecule is C=C(OC(=NC)C(F)F)c1cc(F)c(CC)c(F)c1.C=c1ccc(/C(=C/C)N=NC)c/c1=C/C=C(C)C.CC.CC. The summed E-state index contributed by atoms with van der Waals surface area (Å²) in [5.74, 6) is -2.68. The van der Waals surface area contributed by atoms with Crippen LogP contribution in [0.2, 0.25) is 0 Å². The van der Waals surface area contributed by atoms with Gasteiger partial charge in [0.1, 0.15) is 17.4 Å². The van der Waals surface area contributed by atoms with Gasteiger partial charge in [0.25, 0.3) is 5.90 Å². The minimum absolute atomic E-state index is 0.0472. The molecule has 41 heavy (non-hydrogen) atoms. The summed E-state index contributed by atoms with van der Waals surface area (Å²) in [5, 5.41) is 10.1. The zero-order chi connectivity index (χ0) is 32.1. The van der Waals surface area contributed by atoms with Gasteiger partial charge in [0.2, 0.25) is 0 Å². The van der Waals surface area contributed by atoms with E-state index in [4.69, 9.17) is 4.74 Å². The molecule has 0 unspecified atom stereocenters. The summed E-state index contributed by atoms with van der Waals surface area (Å²) >= 11 is 0. The van der Waals surface area contributed by atoms with E-state index < -0.39 is 24.0 Å². The molecule has 0 spiro atoms. The molecule has 0 fully saturated rings. The minimum Gasteiger partial charge on any atom is -0.438 e. The highest BCUT2D eigenvalue weighted by molar-refractivity contribution is 5.84. The second kappa shape index (κ2) is 21.9. The molecule has 0 heterocycles. The maximum Gasteiger partial charge on any atom is 0.312 e. The number of nitrogens with zero attached hydrogens (tertiary/aromatic N) is 3. The van der Waals surface area contributed by atoms with Gasteiger partial charge < -0.3 is 4.74 Å². The Morgan fingerprint density at radius 1 is 0.976 bits per heavy atom. The predicted octanol–water partition coefficient (Wildman–Crippen LogP) is 9.15. The van der Waals surface area contributed by atoms with E-state index in [1.807, 2.05) is 52.8 Å². The van der Waals surface area contributed by atoms with Gasteiger partial charge in [-0.15, -0.1) is 0 Å². The average Bonchev–Trinajstić information content (AvgIpc) is 2.96. The first kappa shape index (κ1) is 39.3. The molecule has 2 rings (SSSR count). The van der Waals surface area contributed by atoms with Crippen molar-refractivity contribution in [2.45, 2.75) is 68.2 Å². The van der Waals surface area contributed by atoms with Gasteiger partial charge in [0, 0.05) is 30.8 Å². The van der Waals surface area contributed by atoms with Crippen molar-refractivity contribution in [1.29, 1.82) is 0 Å². The van der Waals surface area contributed by atoms with Crippen molar-refractivity contribution in [3.63, 3.8) is 0 Å².